The Kier molecular flexibility index (Phi) is 5.63. The van der Waals surface area contributed by atoms with E-state index in [-0.39, 0.29) is 18.0 Å². The second kappa shape index (κ2) is 6.78. The van der Waals surface area contributed by atoms with Gasteiger partial charge < -0.3 is 15.3 Å². The predicted molar refractivity (Wildman–Crippen MR) is 74.0 cm³/mol. The van der Waals surface area contributed by atoms with Gasteiger partial charge in [0.25, 0.3) is 0 Å². The molecule has 1 saturated heterocycles. The van der Waals surface area contributed by atoms with Crippen molar-refractivity contribution in [1.82, 2.24) is 10.2 Å². The highest BCUT2D eigenvalue weighted by Gasteiger charge is 2.30. The molecule has 110 valence electrons. The SMILES string of the molecule is CC(C)C[C@@H](NC(=O)N1CCCC(C)C1C)C(=O)O. The van der Waals surface area contributed by atoms with Crippen LogP contribution in [0.25, 0.3) is 0 Å². The van der Waals surface area contributed by atoms with Crippen LogP contribution in [0.1, 0.15) is 47.0 Å². The molecule has 5 nitrogen and oxygen atoms in total. The Bertz CT molecular complexity index is 331. The summed E-state index contributed by atoms with van der Waals surface area (Å²) in [6.45, 7) is 8.78. The van der Waals surface area contributed by atoms with Gasteiger partial charge >= 0.3 is 12.0 Å². The average molecular weight is 270 g/mol. The molecule has 2 N–H and O–H groups in total. The average Bonchev–Trinajstić information content (AvgIpc) is 2.31. The van der Waals surface area contributed by atoms with E-state index in [0.29, 0.717) is 18.9 Å². The smallest absolute Gasteiger partial charge is 0.326 e. The molecule has 0 spiro atoms. The lowest BCUT2D eigenvalue weighted by molar-refractivity contribution is -0.139. The minimum Gasteiger partial charge on any atom is -0.480 e. The van der Waals surface area contributed by atoms with Crippen LogP contribution in [0.3, 0.4) is 0 Å². The zero-order valence-corrected chi connectivity index (χ0v) is 12.3. The first-order chi connectivity index (χ1) is 8.82. The van der Waals surface area contributed by atoms with E-state index in [9.17, 15) is 9.59 Å². The number of rotatable bonds is 4. The topological polar surface area (TPSA) is 69.6 Å². The minimum atomic E-state index is -0.959. The van der Waals surface area contributed by atoms with E-state index in [1.807, 2.05) is 20.8 Å². The third-order valence-electron chi connectivity index (χ3n) is 3.94. The molecule has 1 rings (SSSR count). The molecule has 0 radical (unpaired) electrons. The van der Waals surface area contributed by atoms with E-state index < -0.39 is 12.0 Å². The molecular weight excluding hydrogens is 244 g/mol. The summed E-state index contributed by atoms with van der Waals surface area (Å²) in [6.07, 6.45) is 2.57. The Balaban J connectivity index is 2.63. The van der Waals surface area contributed by atoms with Crippen LogP contribution in [0.5, 0.6) is 0 Å². The zero-order chi connectivity index (χ0) is 14.6. The van der Waals surface area contributed by atoms with Gasteiger partial charge in [0, 0.05) is 12.6 Å². The van der Waals surface area contributed by atoms with Crippen LogP contribution >= 0.6 is 0 Å². The van der Waals surface area contributed by atoms with Gasteiger partial charge in [-0.15, -0.1) is 0 Å². The summed E-state index contributed by atoms with van der Waals surface area (Å²) in [6, 6.07) is -0.869. The fraction of sp³-hybridized carbons (Fsp3) is 0.857. The number of carboxylic acids is 1. The number of aliphatic carboxylic acids is 1. The van der Waals surface area contributed by atoms with Crippen molar-refractivity contribution in [3.63, 3.8) is 0 Å². The first kappa shape index (κ1) is 15.8. The lowest BCUT2D eigenvalue weighted by atomic mass is 9.92. The van der Waals surface area contributed by atoms with Crippen LogP contribution in [0.15, 0.2) is 0 Å². The Hall–Kier alpha value is -1.26. The number of carboxylic acid groups (broad SMARTS) is 1. The molecule has 1 aliphatic heterocycles. The second-order valence-electron chi connectivity index (χ2n) is 6.02. The number of carbonyl (C=O) groups excluding carboxylic acids is 1. The lowest BCUT2D eigenvalue weighted by Crippen LogP contribution is -2.54. The van der Waals surface area contributed by atoms with Crippen molar-refractivity contribution in [2.24, 2.45) is 11.8 Å². The molecule has 5 heteroatoms. The summed E-state index contributed by atoms with van der Waals surface area (Å²) in [5, 5.41) is 11.8. The van der Waals surface area contributed by atoms with Crippen LogP contribution < -0.4 is 5.32 Å². The maximum absolute atomic E-state index is 12.2. The summed E-state index contributed by atoms with van der Waals surface area (Å²) in [4.78, 5) is 25.1. The molecule has 1 fully saturated rings. The Morgan fingerprint density at radius 1 is 1.37 bits per heavy atom. The van der Waals surface area contributed by atoms with E-state index in [0.717, 1.165) is 12.8 Å². The number of nitrogens with zero attached hydrogens (tertiary/aromatic N) is 1. The number of carbonyl (C=O) groups is 2. The molecule has 0 aromatic rings. The van der Waals surface area contributed by atoms with Gasteiger partial charge in [-0.3, -0.25) is 0 Å². The summed E-state index contributed by atoms with van der Waals surface area (Å²) < 4.78 is 0. The fourth-order valence-corrected chi connectivity index (χ4v) is 2.55. The maximum Gasteiger partial charge on any atom is 0.326 e. The third kappa shape index (κ3) is 4.40. The molecule has 2 unspecified atom stereocenters. The standard InChI is InChI=1S/C14H26N2O3/c1-9(2)8-12(13(17)18)15-14(19)16-7-5-6-10(3)11(16)4/h9-12H,5-8H2,1-4H3,(H,15,19)(H,17,18)/t10?,11?,12-/m1/s1. The Morgan fingerprint density at radius 3 is 2.53 bits per heavy atom. The number of amides is 2. The van der Waals surface area contributed by atoms with Crippen LogP contribution in [-0.2, 0) is 4.79 Å². The number of urea groups is 1. The molecular formula is C14H26N2O3. The number of piperidine rings is 1. The monoisotopic (exact) mass is 270 g/mol. The van der Waals surface area contributed by atoms with Crippen molar-refractivity contribution in [2.75, 3.05) is 6.54 Å². The second-order valence-corrected chi connectivity index (χ2v) is 6.02. The summed E-state index contributed by atoms with van der Waals surface area (Å²) in [7, 11) is 0. The van der Waals surface area contributed by atoms with E-state index in [4.69, 9.17) is 5.11 Å². The lowest BCUT2D eigenvalue weighted by Gasteiger charge is -2.38. The van der Waals surface area contributed by atoms with E-state index >= 15 is 0 Å². The van der Waals surface area contributed by atoms with E-state index in [1.165, 1.54) is 0 Å². The number of likely N-dealkylation sites (tertiary alicyclic amines) is 1. The normalized spacial score (nSPS) is 25.2. The first-order valence-corrected chi connectivity index (χ1v) is 7.12. The van der Waals surface area contributed by atoms with Crippen LogP contribution in [-0.4, -0.2) is 40.6 Å². The summed E-state index contributed by atoms with van der Waals surface area (Å²) in [5.74, 6) is -0.258. The van der Waals surface area contributed by atoms with Gasteiger partial charge in [-0.1, -0.05) is 20.8 Å². The third-order valence-corrected chi connectivity index (χ3v) is 3.94. The highest BCUT2D eigenvalue weighted by molar-refractivity contribution is 5.82. The van der Waals surface area contributed by atoms with Crippen molar-refractivity contribution in [1.29, 1.82) is 0 Å². The molecule has 0 aliphatic carbocycles. The number of hydrogen-bond donors (Lipinski definition) is 2. The molecule has 1 heterocycles. The van der Waals surface area contributed by atoms with Crippen LogP contribution in [0.2, 0.25) is 0 Å². The molecule has 0 aromatic heterocycles. The Labute approximate surface area is 115 Å². The fourth-order valence-electron chi connectivity index (χ4n) is 2.55. The Morgan fingerprint density at radius 2 is 2.00 bits per heavy atom. The van der Waals surface area contributed by atoms with Crippen LogP contribution in [0, 0.1) is 11.8 Å². The molecule has 19 heavy (non-hydrogen) atoms. The molecule has 1 aliphatic rings. The van der Waals surface area contributed by atoms with Gasteiger partial charge in [0.2, 0.25) is 0 Å². The van der Waals surface area contributed by atoms with E-state index in [2.05, 4.69) is 12.2 Å². The number of nitrogens with one attached hydrogen (secondary N) is 1. The zero-order valence-electron chi connectivity index (χ0n) is 12.3. The van der Waals surface area contributed by atoms with Crippen molar-refractivity contribution >= 4 is 12.0 Å². The van der Waals surface area contributed by atoms with Gasteiger partial charge in [0.05, 0.1) is 0 Å². The summed E-state index contributed by atoms with van der Waals surface area (Å²) >= 11 is 0. The predicted octanol–water partition coefficient (Wildman–Crippen LogP) is 2.32. The molecule has 0 aromatic carbocycles. The highest BCUT2D eigenvalue weighted by Crippen LogP contribution is 2.22. The summed E-state index contributed by atoms with van der Waals surface area (Å²) in [5.41, 5.74) is 0. The van der Waals surface area contributed by atoms with Crippen molar-refractivity contribution in [3.05, 3.63) is 0 Å². The maximum atomic E-state index is 12.2. The van der Waals surface area contributed by atoms with Crippen LogP contribution in [0.4, 0.5) is 4.79 Å². The van der Waals surface area contributed by atoms with E-state index in [1.54, 1.807) is 4.90 Å². The highest BCUT2D eigenvalue weighted by atomic mass is 16.4. The van der Waals surface area contributed by atoms with Gasteiger partial charge in [-0.25, -0.2) is 9.59 Å². The number of hydrogen-bond acceptors (Lipinski definition) is 2. The van der Waals surface area contributed by atoms with Gasteiger partial charge in [0.1, 0.15) is 6.04 Å². The molecule has 2 amide bonds. The minimum absolute atomic E-state index is 0.169. The van der Waals surface area contributed by atoms with Gasteiger partial charge in [0.15, 0.2) is 0 Å². The van der Waals surface area contributed by atoms with Crippen molar-refractivity contribution in [2.45, 2.75) is 59.0 Å². The van der Waals surface area contributed by atoms with Gasteiger partial charge in [-0.2, -0.15) is 0 Å². The van der Waals surface area contributed by atoms with Crippen molar-refractivity contribution in [3.8, 4) is 0 Å². The first-order valence-electron chi connectivity index (χ1n) is 7.12. The molecule has 3 atom stereocenters. The molecule has 0 saturated carbocycles. The molecule has 0 bridgehead atoms. The van der Waals surface area contributed by atoms with Gasteiger partial charge in [-0.05, 0) is 38.0 Å². The quantitative estimate of drug-likeness (QED) is 0.823. The van der Waals surface area contributed by atoms with Crippen molar-refractivity contribution < 1.29 is 14.7 Å². The largest absolute Gasteiger partial charge is 0.480 e.